The molecule has 0 radical (unpaired) electrons. The van der Waals surface area contributed by atoms with Crippen molar-refractivity contribution in [2.24, 2.45) is 0 Å². The van der Waals surface area contributed by atoms with Crippen molar-refractivity contribution in [3.05, 3.63) is 107 Å². The summed E-state index contributed by atoms with van der Waals surface area (Å²) in [5.74, 6) is 0.326. The Bertz CT molecular complexity index is 832. The highest BCUT2D eigenvalue weighted by Gasteiger charge is 2.31. The fraction of sp³-hybridized carbons (Fsp3) is 0.0476. The standard InChI is InChI=1S/C21H15I/c22-21-18-14-8-7-13-17(18)19(15-9-3-1-4-10-15)20(21)16-11-5-2-6-12-16/h1-14,19H/t19-/m0/s1. The Labute approximate surface area is 144 Å². The van der Waals surface area contributed by atoms with Gasteiger partial charge in [-0.05, 0) is 50.4 Å². The van der Waals surface area contributed by atoms with Crippen molar-refractivity contribution < 1.29 is 0 Å². The number of rotatable bonds is 2. The summed E-state index contributed by atoms with van der Waals surface area (Å²) in [5, 5.41) is 0. The lowest BCUT2D eigenvalue weighted by molar-refractivity contribution is 1.07. The number of benzene rings is 3. The Kier molecular flexibility index (Phi) is 3.59. The van der Waals surface area contributed by atoms with Crippen LogP contribution in [0.4, 0.5) is 0 Å². The molecule has 1 aliphatic rings. The van der Waals surface area contributed by atoms with Gasteiger partial charge in [-0.1, -0.05) is 84.9 Å². The topological polar surface area (TPSA) is 0 Å². The first kappa shape index (κ1) is 13.8. The molecule has 0 unspecified atom stereocenters. The molecule has 0 aromatic heterocycles. The normalized spacial score (nSPS) is 16.7. The lowest BCUT2D eigenvalue weighted by Gasteiger charge is -2.18. The van der Waals surface area contributed by atoms with Crippen LogP contribution in [0.1, 0.15) is 28.2 Å². The van der Waals surface area contributed by atoms with Crippen LogP contribution in [0.15, 0.2) is 84.9 Å². The van der Waals surface area contributed by atoms with Crippen molar-refractivity contribution in [2.45, 2.75) is 5.92 Å². The molecule has 0 heterocycles. The highest BCUT2D eigenvalue weighted by atomic mass is 127. The predicted molar refractivity (Wildman–Crippen MR) is 102 cm³/mol. The summed E-state index contributed by atoms with van der Waals surface area (Å²) in [7, 11) is 0. The van der Waals surface area contributed by atoms with Gasteiger partial charge in [0.2, 0.25) is 0 Å². The van der Waals surface area contributed by atoms with Crippen LogP contribution in [0.25, 0.3) is 9.15 Å². The molecule has 0 saturated carbocycles. The van der Waals surface area contributed by atoms with Crippen molar-refractivity contribution in [2.75, 3.05) is 0 Å². The first-order valence-electron chi connectivity index (χ1n) is 7.45. The maximum atomic E-state index is 2.51. The maximum absolute atomic E-state index is 2.51. The van der Waals surface area contributed by atoms with E-state index in [2.05, 4.69) is 108 Å². The fourth-order valence-electron chi connectivity index (χ4n) is 3.28. The molecule has 0 bridgehead atoms. The van der Waals surface area contributed by atoms with Crippen molar-refractivity contribution in [3.63, 3.8) is 0 Å². The van der Waals surface area contributed by atoms with Crippen LogP contribution in [-0.2, 0) is 0 Å². The van der Waals surface area contributed by atoms with Crippen LogP contribution < -0.4 is 0 Å². The summed E-state index contributed by atoms with van der Waals surface area (Å²) in [6.45, 7) is 0. The van der Waals surface area contributed by atoms with Crippen molar-refractivity contribution in [1.82, 2.24) is 0 Å². The molecule has 22 heavy (non-hydrogen) atoms. The quantitative estimate of drug-likeness (QED) is 0.459. The third-order valence-corrected chi connectivity index (χ3v) is 5.41. The van der Waals surface area contributed by atoms with Crippen LogP contribution in [0, 0.1) is 0 Å². The van der Waals surface area contributed by atoms with E-state index >= 15 is 0 Å². The van der Waals surface area contributed by atoms with E-state index in [1.807, 2.05) is 0 Å². The molecule has 1 aliphatic carbocycles. The Hall–Kier alpha value is -1.87. The monoisotopic (exact) mass is 394 g/mol. The van der Waals surface area contributed by atoms with E-state index in [4.69, 9.17) is 0 Å². The lowest BCUT2D eigenvalue weighted by atomic mass is 9.85. The molecule has 3 aromatic carbocycles. The Morgan fingerprint density at radius 2 is 1.23 bits per heavy atom. The van der Waals surface area contributed by atoms with Gasteiger partial charge in [-0.25, -0.2) is 0 Å². The molecule has 3 aromatic rings. The third kappa shape index (κ3) is 2.20. The summed E-state index contributed by atoms with van der Waals surface area (Å²) in [6.07, 6.45) is 0. The van der Waals surface area contributed by atoms with Crippen molar-refractivity contribution in [3.8, 4) is 0 Å². The molecule has 0 amide bonds. The first-order valence-corrected chi connectivity index (χ1v) is 8.53. The summed E-state index contributed by atoms with van der Waals surface area (Å²) in [4.78, 5) is 0. The van der Waals surface area contributed by atoms with Gasteiger partial charge in [0.25, 0.3) is 0 Å². The molecular weight excluding hydrogens is 379 g/mol. The molecule has 106 valence electrons. The van der Waals surface area contributed by atoms with E-state index < -0.39 is 0 Å². The van der Waals surface area contributed by atoms with Crippen LogP contribution in [-0.4, -0.2) is 0 Å². The zero-order chi connectivity index (χ0) is 14.9. The van der Waals surface area contributed by atoms with Gasteiger partial charge >= 0.3 is 0 Å². The number of allylic oxidation sites excluding steroid dienone is 1. The SMILES string of the molecule is IC1=C(c2ccccc2)[C@@H](c2ccccc2)c2ccccc21. The van der Waals surface area contributed by atoms with Gasteiger partial charge in [0.05, 0.1) is 0 Å². The molecular formula is C21H15I. The van der Waals surface area contributed by atoms with Crippen molar-refractivity contribution in [1.29, 1.82) is 0 Å². The van der Waals surface area contributed by atoms with Crippen LogP contribution in [0.3, 0.4) is 0 Å². The number of fused-ring (bicyclic) bond motifs is 1. The maximum Gasteiger partial charge on any atom is 0.0362 e. The zero-order valence-electron chi connectivity index (χ0n) is 12.0. The minimum absolute atomic E-state index is 0.326. The average molecular weight is 394 g/mol. The molecule has 1 atom stereocenters. The number of halogens is 1. The van der Waals surface area contributed by atoms with E-state index in [0.29, 0.717) is 5.92 Å². The van der Waals surface area contributed by atoms with Gasteiger partial charge in [-0.3, -0.25) is 0 Å². The van der Waals surface area contributed by atoms with Gasteiger partial charge in [0, 0.05) is 9.50 Å². The Morgan fingerprint density at radius 3 is 1.95 bits per heavy atom. The minimum Gasteiger partial charge on any atom is -0.0622 e. The van der Waals surface area contributed by atoms with E-state index in [1.165, 1.54) is 31.4 Å². The van der Waals surface area contributed by atoms with Gasteiger partial charge in [-0.2, -0.15) is 0 Å². The number of hydrogen-bond donors (Lipinski definition) is 0. The van der Waals surface area contributed by atoms with E-state index in [9.17, 15) is 0 Å². The Morgan fingerprint density at radius 1 is 0.636 bits per heavy atom. The van der Waals surface area contributed by atoms with Gasteiger partial charge < -0.3 is 0 Å². The minimum atomic E-state index is 0.326. The van der Waals surface area contributed by atoms with Crippen LogP contribution in [0.2, 0.25) is 0 Å². The van der Waals surface area contributed by atoms with E-state index in [-0.39, 0.29) is 0 Å². The highest BCUT2D eigenvalue weighted by Crippen LogP contribution is 2.52. The molecule has 0 N–H and O–H groups in total. The second kappa shape index (κ2) is 5.73. The van der Waals surface area contributed by atoms with Gasteiger partial charge in [-0.15, -0.1) is 0 Å². The second-order valence-corrected chi connectivity index (χ2v) is 6.60. The van der Waals surface area contributed by atoms with Crippen LogP contribution in [0.5, 0.6) is 0 Å². The molecule has 4 rings (SSSR count). The molecule has 0 saturated heterocycles. The summed E-state index contributed by atoms with van der Waals surface area (Å²) in [6, 6.07) is 30.4. The second-order valence-electron chi connectivity index (χ2n) is 5.52. The van der Waals surface area contributed by atoms with Gasteiger partial charge in [0.15, 0.2) is 0 Å². The number of hydrogen-bond acceptors (Lipinski definition) is 0. The Balaban J connectivity index is 1.97. The highest BCUT2D eigenvalue weighted by molar-refractivity contribution is 14.1. The molecule has 0 spiro atoms. The zero-order valence-corrected chi connectivity index (χ0v) is 14.2. The first-order chi connectivity index (χ1) is 10.9. The third-order valence-electron chi connectivity index (χ3n) is 4.25. The summed E-state index contributed by atoms with van der Waals surface area (Å²) >= 11 is 2.51. The predicted octanol–water partition coefficient (Wildman–Crippen LogP) is 6.14. The van der Waals surface area contributed by atoms with Gasteiger partial charge in [0.1, 0.15) is 0 Å². The van der Waals surface area contributed by atoms with E-state index in [1.54, 1.807) is 0 Å². The van der Waals surface area contributed by atoms with Crippen molar-refractivity contribution >= 4 is 31.7 Å². The van der Waals surface area contributed by atoms with E-state index in [0.717, 1.165) is 0 Å². The lowest BCUT2D eigenvalue weighted by Crippen LogP contribution is -2.00. The molecule has 0 aliphatic heterocycles. The summed E-state index contributed by atoms with van der Waals surface area (Å²) < 4.78 is 1.37. The van der Waals surface area contributed by atoms with Crippen LogP contribution >= 0.6 is 22.6 Å². The molecule has 0 nitrogen and oxygen atoms in total. The molecule has 1 heteroatoms. The fourth-order valence-corrected chi connectivity index (χ4v) is 4.39. The average Bonchev–Trinajstić information content (AvgIpc) is 2.90. The molecule has 0 fully saturated rings. The summed E-state index contributed by atoms with van der Waals surface area (Å²) in [5.41, 5.74) is 6.89. The smallest absolute Gasteiger partial charge is 0.0362 e. The largest absolute Gasteiger partial charge is 0.0622 e.